The predicted molar refractivity (Wildman–Crippen MR) is 95.5 cm³/mol. The van der Waals surface area contributed by atoms with Gasteiger partial charge < -0.3 is 10.4 Å². The molecule has 5 nitrogen and oxygen atoms in total. The van der Waals surface area contributed by atoms with Crippen LogP contribution >= 0.6 is 22.9 Å². The molecule has 0 aliphatic carbocycles. The van der Waals surface area contributed by atoms with E-state index in [0.29, 0.717) is 10.7 Å². The van der Waals surface area contributed by atoms with Gasteiger partial charge in [0.1, 0.15) is 10.5 Å². The van der Waals surface area contributed by atoms with E-state index in [1.54, 1.807) is 0 Å². The van der Waals surface area contributed by atoms with E-state index in [1.807, 2.05) is 30.5 Å². The van der Waals surface area contributed by atoms with Gasteiger partial charge in [-0.15, -0.1) is 11.3 Å². The van der Waals surface area contributed by atoms with Crippen molar-refractivity contribution in [3.05, 3.63) is 39.9 Å². The number of carbonyl (C=O) groups excluding carboxylic acids is 1. The van der Waals surface area contributed by atoms with Gasteiger partial charge in [-0.2, -0.15) is 0 Å². The van der Waals surface area contributed by atoms with Crippen molar-refractivity contribution in [1.29, 1.82) is 0 Å². The fraction of sp³-hybridized carbons (Fsp3) is 0.353. The molecule has 0 fully saturated rings. The fourth-order valence-electron chi connectivity index (χ4n) is 2.19. The molecule has 24 heavy (non-hydrogen) atoms. The van der Waals surface area contributed by atoms with Crippen molar-refractivity contribution >= 4 is 34.8 Å². The van der Waals surface area contributed by atoms with Gasteiger partial charge in [-0.25, -0.2) is 9.78 Å². The predicted octanol–water partition coefficient (Wildman–Crippen LogP) is 3.55. The Morgan fingerprint density at radius 1 is 1.38 bits per heavy atom. The number of hydrogen-bond donors (Lipinski definition) is 2. The van der Waals surface area contributed by atoms with Crippen LogP contribution in [-0.2, 0) is 22.4 Å². The van der Waals surface area contributed by atoms with E-state index in [9.17, 15) is 9.59 Å². The Morgan fingerprint density at radius 2 is 2.08 bits per heavy atom. The minimum atomic E-state index is -1.30. The zero-order valence-electron chi connectivity index (χ0n) is 13.7. The number of amides is 1. The summed E-state index contributed by atoms with van der Waals surface area (Å²) in [6, 6.07) is 5.66. The highest BCUT2D eigenvalue weighted by atomic mass is 35.5. The van der Waals surface area contributed by atoms with Crippen LogP contribution in [0.2, 0.25) is 5.02 Å². The van der Waals surface area contributed by atoms with Gasteiger partial charge in [0.25, 0.3) is 0 Å². The van der Waals surface area contributed by atoms with E-state index in [0.717, 1.165) is 22.6 Å². The third-order valence-corrected chi connectivity index (χ3v) is 4.72. The zero-order valence-corrected chi connectivity index (χ0v) is 15.3. The standard InChI is InChI=1S/C17H19ClN2O3S/c1-4-10-7-11(18)5-6-13(10)15-19-12(9-24-15)8-14(21)20-17(2,3)16(22)23/h5-7,9H,4,8H2,1-3H3,(H,20,21)(H,22,23). The van der Waals surface area contributed by atoms with Gasteiger partial charge in [-0.1, -0.05) is 24.6 Å². The number of aliphatic carboxylic acids is 1. The Labute approximate surface area is 149 Å². The van der Waals surface area contributed by atoms with Crippen LogP contribution in [0, 0.1) is 0 Å². The molecule has 2 rings (SSSR count). The molecule has 0 spiro atoms. The maximum absolute atomic E-state index is 12.0. The minimum absolute atomic E-state index is 0.0439. The number of aromatic nitrogens is 1. The Kier molecular flexibility index (Phi) is 5.62. The number of aryl methyl sites for hydroxylation is 1. The van der Waals surface area contributed by atoms with Gasteiger partial charge in [-0.3, -0.25) is 4.79 Å². The number of benzene rings is 1. The Hall–Kier alpha value is -1.92. The molecule has 7 heteroatoms. The van der Waals surface area contributed by atoms with Gasteiger partial charge in [-0.05, 0) is 38.0 Å². The lowest BCUT2D eigenvalue weighted by molar-refractivity contribution is -0.145. The van der Waals surface area contributed by atoms with E-state index in [2.05, 4.69) is 10.3 Å². The number of carboxylic acid groups (broad SMARTS) is 1. The molecule has 2 aromatic rings. The van der Waals surface area contributed by atoms with E-state index in [1.165, 1.54) is 25.2 Å². The largest absolute Gasteiger partial charge is 0.480 e. The molecular weight excluding hydrogens is 348 g/mol. The Balaban J connectivity index is 2.14. The number of nitrogens with one attached hydrogen (secondary N) is 1. The number of nitrogens with zero attached hydrogens (tertiary/aromatic N) is 1. The molecule has 0 aliphatic heterocycles. The molecule has 0 saturated heterocycles. The van der Waals surface area contributed by atoms with Crippen LogP contribution in [0.5, 0.6) is 0 Å². The second-order valence-corrected chi connectivity index (χ2v) is 7.25. The normalized spacial score (nSPS) is 11.3. The zero-order chi connectivity index (χ0) is 17.9. The lowest BCUT2D eigenvalue weighted by atomic mass is 10.1. The molecular formula is C17H19ClN2O3S. The molecule has 1 aromatic heterocycles. The molecule has 1 amide bonds. The molecule has 128 valence electrons. The van der Waals surface area contributed by atoms with Gasteiger partial charge in [0.15, 0.2) is 0 Å². The second-order valence-electron chi connectivity index (χ2n) is 5.95. The monoisotopic (exact) mass is 366 g/mol. The van der Waals surface area contributed by atoms with Crippen LogP contribution in [0.25, 0.3) is 10.6 Å². The van der Waals surface area contributed by atoms with Crippen molar-refractivity contribution in [3.8, 4) is 10.6 Å². The lowest BCUT2D eigenvalue weighted by Crippen LogP contribution is -2.50. The highest BCUT2D eigenvalue weighted by Gasteiger charge is 2.29. The molecule has 1 heterocycles. The molecule has 2 N–H and O–H groups in total. The van der Waals surface area contributed by atoms with Gasteiger partial charge in [0.05, 0.1) is 12.1 Å². The van der Waals surface area contributed by atoms with E-state index < -0.39 is 11.5 Å². The molecule has 0 atom stereocenters. The number of carboxylic acids is 1. The number of hydrogen-bond acceptors (Lipinski definition) is 4. The highest BCUT2D eigenvalue weighted by molar-refractivity contribution is 7.13. The first-order chi connectivity index (χ1) is 11.2. The lowest BCUT2D eigenvalue weighted by Gasteiger charge is -2.20. The first-order valence-electron chi connectivity index (χ1n) is 7.50. The van der Waals surface area contributed by atoms with Crippen molar-refractivity contribution in [3.63, 3.8) is 0 Å². The van der Waals surface area contributed by atoms with Crippen LogP contribution in [-0.4, -0.2) is 27.5 Å². The molecule has 0 saturated carbocycles. The summed E-state index contributed by atoms with van der Waals surface area (Å²) in [4.78, 5) is 27.6. The Morgan fingerprint density at radius 3 is 2.71 bits per heavy atom. The van der Waals surface area contributed by atoms with E-state index in [-0.39, 0.29) is 12.3 Å². The number of rotatable bonds is 6. The summed E-state index contributed by atoms with van der Waals surface area (Å²) in [7, 11) is 0. The minimum Gasteiger partial charge on any atom is -0.480 e. The van der Waals surface area contributed by atoms with Crippen LogP contribution in [0.15, 0.2) is 23.6 Å². The average molecular weight is 367 g/mol. The summed E-state index contributed by atoms with van der Waals surface area (Å²) in [5, 5.41) is 14.9. The summed E-state index contributed by atoms with van der Waals surface area (Å²) >= 11 is 7.48. The van der Waals surface area contributed by atoms with Crippen molar-refractivity contribution in [2.24, 2.45) is 0 Å². The topological polar surface area (TPSA) is 79.3 Å². The summed E-state index contributed by atoms with van der Waals surface area (Å²) in [5.74, 6) is -1.45. The summed E-state index contributed by atoms with van der Waals surface area (Å²) in [6.45, 7) is 4.94. The summed E-state index contributed by atoms with van der Waals surface area (Å²) in [5.41, 5.74) is 1.41. The summed E-state index contributed by atoms with van der Waals surface area (Å²) < 4.78 is 0. The first-order valence-corrected chi connectivity index (χ1v) is 8.76. The van der Waals surface area contributed by atoms with Crippen molar-refractivity contribution < 1.29 is 14.7 Å². The second kappa shape index (κ2) is 7.32. The SMILES string of the molecule is CCc1cc(Cl)ccc1-c1nc(CC(=O)NC(C)(C)C(=O)O)cs1. The highest BCUT2D eigenvalue weighted by Crippen LogP contribution is 2.29. The van der Waals surface area contributed by atoms with E-state index in [4.69, 9.17) is 16.7 Å². The molecule has 0 bridgehead atoms. The molecule has 1 aromatic carbocycles. The number of halogens is 1. The maximum atomic E-state index is 12.0. The maximum Gasteiger partial charge on any atom is 0.328 e. The molecule has 0 aliphatic rings. The van der Waals surface area contributed by atoms with Crippen molar-refractivity contribution in [2.45, 2.75) is 39.2 Å². The van der Waals surface area contributed by atoms with Gasteiger partial charge in [0, 0.05) is 16.0 Å². The van der Waals surface area contributed by atoms with Crippen LogP contribution < -0.4 is 5.32 Å². The van der Waals surface area contributed by atoms with Crippen molar-refractivity contribution in [2.75, 3.05) is 0 Å². The molecule has 0 unspecified atom stereocenters. The fourth-order valence-corrected chi connectivity index (χ4v) is 3.26. The van der Waals surface area contributed by atoms with Crippen molar-refractivity contribution in [1.82, 2.24) is 10.3 Å². The van der Waals surface area contributed by atoms with Crippen LogP contribution in [0.3, 0.4) is 0 Å². The smallest absolute Gasteiger partial charge is 0.328 e. The number of carbonyl (C=O) groups is 2. The van der Waals surface area contributed by atoms with Gasteiger partial charge in [0.2, 0.25) is 5.91 Å². The average Bonchev–Trinajstić information content (AvgIpc) is 2.94. The third-order valence-electron chi connectivity index (χ3n) is 3.56. The first kappa shape index (κ1) is 18.4. The number of thiazole rings is 1. The van der Waals surface area contributed by atoms with Crippen LogP contribution in [0.1, 0.15) is 32.0 Å². The molecule has 0 radical (unpaired) electrons. The van der Waals surface area contributed by atoms with Crippen LogP contribution in [0.4, 0.5) is 0 Å². The quantitative estimate of drug-likeness (QED) is 0.819. The summed E-state index contributed by atoms with van der Waals surface area (Å²) in [6.07, 6.45) is 0.875. The Bertz CT molecular complexity index is 771. The third kappa shape index (κ3) is 4.33. The van der Waals surface area contributed by atoms with Gasteiger partial charge >= 0.3 is 5.97 Å². The van der Waals surface area contributed by atoms with E-state index >= 15 is 0 Å².